The number of piperidine rings is 1. The van der Waals surface area contributed by atoms with Crippen molar-refractivity contribution in [3.63, 3.8) is 0 Å². The van der Waals surface area contributed by atoms with Crippen LogP contribution in [0.25, 0.3) is 0 Å². The number of hydrogen-bond donors (Lipinski definition) is 1. The highest BCUT2D eigenvalue weighted by Crippen LogP contribution is 2.24. The van der Waals surface area contributed by atoms with Crippen LogP contribution < -0.4 is 4.90 Å². The largest absolute Gasteiger partial charge is 0.356 e. The Morgan fingerprint density at radius 2 is 2.25 bits per heavy atom. The normalized spacial score (nSPS) is 19.3. The number of hydrogen-bond acceptors (Lipinski definition) is 4. The van der Waals surface area contributed by atoms with Gasteiger partial charge in [-0.25, -0.2) is 9.97 Å². The molecule has 20 heavy (non-hydrogen) atoms. The summed E-state index contributed by atoms with van der Waals surface area (Å²) in [4.78, 5) is 11.0. The molecule has 1 saturated heterocycles. The number of anilines is 1. The lowest BCUT2D eigenvalue weighted by Gasteiger charge is -2.33. The first kappa shape index (κ1) is 13.1. The van der Waals surface area contributed by atoms with E-state index in [1.54, 1.807) is 6.33 Å². The van der Waals surface area contributed by atoms with Gasteiger partial charge in [-0.1, -0.05) is 0 Å². The Bertz CT molecular complexity index is 577. The lowest BCUT2D eigenvalue weighted by atomic mass is 9.92. The Morgan fingerprint density at radius 3 is 3.00 bits per heavy atom. The summed E-state index contributed by atoms with van der Waals surface area (Å²) in [5.74, 6) is 1.72. The van der Waals surface area contributed by atoms with Gasteiger partial charge in [-0.05, 0) is 44.6 Å². The van der Waals surface area contributed by atoms with Crippen molar-refractivity contribution >= 4 is 5.82 Å². The fourth-order valence-corrected chi connectivity index (χ4v) is 2.92. The molecular formula is C15H21N5. The highest BCUT2D eigenvalue weighted by molar-refractivity contribution is 5.39. The minimum atomic E-state index is 0.665. The van der Waals surface area contributed by atoms with E-state index in [4.69, 9.17) is 0 Å². The van der Waals surface area contributed by atoms with Crippen LogP contribution in [0.5, 0.6) is 0 Å². The fourth-order valence-electron chi connectivity index (χ4n) is 2.92. The van der Waals surface area contributed by atoms with Crippen molar-refractivity contribution in [2.24, 2.45) is 5.92 Å². The molecule has 1 fully saturated rings. The molecule has 0 spiro atoms. The second kappa shape index (κ2) is 5.61. The molecule has 2 aromatic heterocycles. The van der Waals surface area contributed by atoms with E-state index < -0.39 is 0 Å². The van der Waals surface area contributed by atoms with Crippen molar-refractivity contribution < 1.29 is 0 Å². The van der Waals surface area contributed by atoms with Gasteiger partial charge in [0, 0.05) is 30.5 Å². The molecule has 2 aromatic rings. The maximum absolute atomic E-state index is 4.41. The van der Waals surface area contributed by atoms with Gasteiger partial charge in [0.1, 0.15) is 12.1 Å². The van der Waals surface area contributed by atoms with Gasteiger partial charge in [0.15, 0.2) is 0 Å². The summed E-state index contributed by atoms with van der Waals surface area (Å²) in [5.41, 5.74) is 3.57. The standard InChI is InChI=1S/C15H21N5/c1-11-8-18-19-14(11)7-13-4-3-5-20(9-13)15-6-12(2)16-10-17-15/h6,8,10,13H,3-5,7,9H2,1-2H3,(H,18,19). The summed E-state index contributed by atoms with van der Waals surface area (Å²) in [6.07, 6.45) is 7.14. The molecule has 1 aliphatic heterocycles. The van der Waals surface area contributed by atoms with Gasteiger partial charge in [0.05, 0.1) is 6.20 Å². The van der Waals surface area contributed by atoms with E-state index in [1.807, 2.05) is 13.1 Å². The number of nitrogens with one attached hydrogen (secondary N) is 1. The van der Waals surface area contributed by atoms with E-state index in [9.17, 15) is 0 Å². The van der Waals surface area contributed by atoms with E-state index in [0.717, 1.165) is 31.0 Å². The monoisotopic (exact) mass is 271 g/mol. The number of aromatic nitrogens is 4. The molecule has 1 N–H and O–H groups in total. The summed E-state index contributed by atoms with van der Waals surface area (Å²) < 4.78 is 0. The average Bonchev–Trinajstić information content (AvgIpc) is 2.85. The van der Waals surface area contributed by atoms with Crippen molar-refractivity contribution in [3.8, 4) is 0 Å². The molecule has 0 saturated carbocycles. The van der Waals surface area contributed by atoms with Crippen LogP contribution in [0, 0.1) is 19.8 Å². The molecule has 0 amide bonds. The zero-order valence-electron chi connectivity index (χ0n) is 12.1. The average molecular weight is 271 g/mol. The smallest absolute Gasteiger partial charge is 0.132 e. The predicted octanol–water partition coefficient (Wildman–Crippen LogP) is 2.28. The minimum absolute atomic E-state index is 0.665. The lowest BCUT2D eigenvalue weighted by molar-refractivity contribution is 0.407. The maximum Gasteiger partial charge on any atom is 0.132 e. The molecule has 1 unspecified atom stereocenters. The molecule has 0 aliphatic carbocycles. The highest BCUT2D eigenvalue weighted by Gasteiger charge is 2.22. The van der Waals surface area contributed by atoms with Gasteiger partial charge in [-0.2, -0.15) is 5.10 Å². The lowest BCUT2D eigenvalue weighted by Crippen LogP contribution is -2.37. The van der Waals surface area contributed by atoms with Crippen molar-refractivity contribution in [2.45, 2.75) is 33.1 Å². The quantitative estimate of drug-likeness (QED) is 0.930. The molecule has 0 bridgehead atoms. The molecule has 1 atom stereocenters. The molecule has 3 heterocycles. The maximum atomic E-state index is 4.41. The van der Waals surface area contributed by atoms with Crippen LogP contribution in [0.2, 0.25) is 0 Å². The second-order valence-electron chi connectivity index (χ2n) is 5.71. The zero-order valence-corrected chi connectivity index (χ0v) is 12.1. The summed E-state index contributed by atoms with van der Waals surface area (Å²) in [6.45, 7) is 6.29. The van der Waals surface area contributed by atoms with E-state index >= 15 is 0 Å². The van der Waals surface area contributed by atoms with E-state index in [1.165, 1.54) is 24.1 Å². The summed E-state index contributed by atoms with van der Waals surface area (Å²) in [7, 11) is 0. The molecule has 106 valence electrons. The SMILES string of the molecule is Cc1cc(N2CCCC(Cc3[nH]ncc3C)C2)ncn1. The van der Waals surface area contributed by atoms with Crippen LogP contribution in [0.15, 0.2) is 18.6 Å². The Morgan fingerprint density at radius 1 is 1.35 bits per heavy atom. The van der Waals surface area contributed by atoms with Gasteiger partial charge >= 0.3 is 0 Å². The van der Waals surface area contributed by atoms with Gasteiger partial charge in [0.2, 0.25) is 0 Å². The zero-order chi connectivity index (χ0) is 13.9. The van der Waals surface area contributed by atoms with E-state index in [0.29, 0.717) is 5.92 Å². The summed E-state index contributed by atoms with van der Waals surface area (Å²) in [6, 6.07) is 2.07. The summed E-state index contributed by atoms with van der Waals surface area (Å²) >= 11 is 0. The topological polar surface area (TPSA) is 57.7 Å². The minimum Gasteiger partial charge on any atom is -0.356 e. The van der Waals surface area contributed by atoms with Crippen LogP contribution in [0.3, 0.4) is 0 Å². The van der Waals surface area contributed by atoms with Crippen LogP contribution in [0.4, 0.5) is 5.82 Å². The first-order valence-electron chi connectivity index (χ1n) is 7.25. The highest BCUT2D eigenvalue weighted by atomic mass is 15.2. The number of aryl methyl sites for hydroxylation is 2. The van der Waals surface area contributed by atoms with Crippen molar-refractivity contribution in [1.29, 1.82) is 0 Å². The third-order valence-electron chi connectivity index (χ3n) is 4.06. The Balaban J connectivity index is 1.69. The van der Waals surface area contributed by atoms with Gasteiger partial charge in [0.25, 0.3) is 0 Å². The van der Waals surface area contributed by atoms with Crippen molar-refractivity contribution in [3.05, 3.63) is 35.5 Å². The molecule has 1 aliphatic rings. The van der Waals surface area contributed by atoms with Crippen molar-refractivity contribution in [2.75, 3.05) is 18.0 Å². The Hall–Kier alpha value is -1.91. The first-order valence-corrected chi connectivity index (χ1v) is 7.25. The van der Waals surface area contributed by atoms with E-state index in [-0.39, 0.29) is 0 Å². The molecule has 5 heteroatoms. The number of rotatable bonds is 3. The predicted molar refractivity (Wildman–Crippen MR) is 78.7 cm³/mol. The first-order chi connectivity index (χ1) is 9.72. The fraction of sp³-hybridized carbons (Fsp3) is 0.533. The number of H-pyrrole nitrogens is 1. The molecule has 0 aromatic carbocycles. The van der Waals surface area contributed by atoms with Crippen LogP contribution in [0.1, 0.15) is 29.8 Å². The van der Waals surface area contributed by atoms with Crippen LogP contribution >= 0.6 is 0 Å². The van der Waals surface area contributed by atoms with Crippen LogP contribution in [-0.2, 0) is 6.42 Å². The second-order valence-corrected chi connectivity index (χ2v) is 5.71. The molecule has 3 rings (SSSR count). The number of nitrogens with zero attached hydrogens (tertiary/aromatic N) is 4. The van der Waals surface area contributed by atoms with E-state index in [2.05, 4.69) is 38.1 Å². The number of aromatic amines is 1. The molecular weight excluding hydrogens is 250 g/mol. The molecule has 5 nitrogen and oxygen atoms in total. The van der Waals surface area contributed by atoms with Crippen LogP contribution in [-0.4, -0.2) is 33.3 Å². The Labute approximate surface area is 119 Å². The Kier molecular flexibility index (Phi) is 3.67. The van der Waals surface area contributed by atoms with Gasteiger partial charge in [-0.3, -0.25) is 5.10 Å². The summed E-state index contributed by atoms with van der Waals surface area (Å²) in [5, 5.41) is 7.24. The van der Waals surface area contributed by atoms with Gasteiger partial charge < -0.3 is 4.90 Å². The van der Waals surface area contributed by atoms with Gasteiger partial charge in [-0.15, -0.1) is 0 Å². The van der Waals surface area contributed by atoms with Crippen molar-refractivity contribution in [1.82, 2.24) is 20.2 Å². The third kappa shape index (κ3) is 2.81. The third-order valence-corrected chi connectivity index (χ3v) is 4.06. The molecule has 0 radical (unpaired) electrons.